The zero-order chi connectivity index (χ0) is 21.1. The van der Waals surface area contributed by atoms with E-state index in [2.05, 4.69) is 10.6 Å². The minimum absolute atomic E-state index is 0.0621. The van der Waals surface area contributed by atoms with Crippen LogP contribution in [0.15, 0.2) is 65.4 Å². The lowest BCUT2D eigenvalue weighted by molar-refractivity contribution is -0.122. The number of carbonyl (C=O) groups excluding carboxylic acids is 3. The predicted molar refractivity (Wildman–Crippen MR) is 114 cm³/mol. The molecule has 0 saturated carbocycles. The number of anilines is 3. The molecule has 0 bridgehead atoms. The Morgan fingerprint density at radius 2 is 1.70 bits per heavy atom. The van der Waals surface area contributed by atoms with Crippen molar-refractivity contribution in [1.29, 1.82) is 0 Å². The first kappa shape index (κ1) is 19.8. The van der Waals surface area contributed by atoms with Gasteiger partial charge in [0.05, 0.1) is 22.9 Å². The number of nitrogens with one attached hydrogen (secondary N) is 2. The van der Waals surface area contributed by atoms with Gasteiger partial charge in [-0.2, -0.15) is 11.3 Å². The molecule has 2 N–H and O–H groups in total. The Bertz CT molecular complexity index is 1080. The molecule has 3 aromatic rings. The van der Waals surface area contributed by atoms with Crippen LogP contribution in [0.3, 0.4) is 0 Å². The Morgan fingerprint density at radius 1 is 1.00 bits per heavy atom. The number of hydrogen-bond donors (Lipinski definition) is 2. The summed E-state index contributed by atoms with van der Waals surface area (Å²) >= 11 is 1.42. The van der Waals surface area contributed by atoms with Crippen LogP contribution < -0.4 is 15.5 Å². The number of nitrogens with zero attached hydrogens (tertiary/aromatic N) is 1. The van der Waals surface area contributed by atoms with E-state index in [1.165, 1.54) is 40.5 Å². The monoisotopic (exact) mass is 423 g/mol. The molecule has 1 aromatic heterocycles. The minimum atomic E-state index is -0.553. The van der Waals surface area contributed by atoms with E-state index in [0.29, 0.717) is 22.6 Å². The number of hydrogen-bond acceptors (Lipinski definition) is 4. The van der Waals surface area contributed by atoms with E-state index in [1.54, 1.807) is 35.7 Å². The summed E-state index contributed by atoms with van der Waals surface area (Å²) in [5.74, 6) is -1.72. The number of thiophene rings is 1. The van der Waals surface area contributed by atoms with Gasteiger partial charge in [0.15, 0.2) is 0 Å². The van der Waals surface area contributed by atoms with E-state index in [9.17, 15) is 18.8 Å². The third kappa shape index (κ3) is 4.23. The van der Waals surface area contributed by atoms with Crippen LogP contribution in [-0.4, -0.2) is 24.3 Å². The second kappa shape index (κ2) is 8.46. The fraction of sp³-hybridized carbons (Fsp3) is 0.136. The number of halogens is 1. The zero-order valence-electron chi connectivity index (χ0n) is 15.8. The van der Waals surface area contributed by atoms with Gasteiger partial charge in [0.25, 0.3) is 5.91 Å². The normalized spacial score (nSPS) is 15.8. The quantitative estimate of drug-likeness (QED) is 0.648. The number of carbonyl (C=O) groups is 3. The second-order valence-corrected chi connectivity index (χ2v) is 7.66. The van der Waals surface area contributed by atoms with Crippen molar-refractivity contribution in [2.45, 2.75) is 6.42 Å². The molecule has 0 aliphatic carbocycles. The lowest BCUT2D eigenvalue weighted by Gasteiger charge is -2.17. The first-order valence-electron chi connectivity index (χ1n) is 9.30. The minimum Gasteiger partial charge on any atom is -0.324 e. The molecule has 1 saturated heterocycles. The average molecular weight is 423 g/mol. The summed E-state index contributed by atoms with van der Waals surface area (Å²) in [4.78, 5) is 39.0. The highest BCUT2D eigenvalue weighted by Gasteiger charge is 2.35. The molecule has 1 fully saturated rings. The maximum Gasteiger partial charge on any atom is 0.256 e. The lowest BCUT2D eigenvalue weighted by Crippen LogP contribution is -2.28. The molecule has 2 heterocycles. The van der Waals surface area contributed by atoms with Crippen molar-refractivity contribution < 1.29 is 18.8 Å². The van der Waals surface area contributed by atoms with Crippen molar-refractivity contribution >= 4 is 46.1 Å². The van der Waals surface area contributed by atoms with Gasteiger partial charge in [-0.15, -0.1) is 0 Å². The maximum absolute atomic E-state index is 13.1. The molecule has 0 radical (unpaired) electrons. The average Bonchev–Trinajstić information content (AvgIpc) is 3.40. The molecule has 3 amide bonds. The summed E-state index contributed by atoms with van der Waals surface area (Å²) in [6, 6.07) is 14.2. The topological polar surface area (TPSA) is 78.5 Å². The first-order chi connectivity index (χ1) is 14.5. The van der Waals surface area contributed by atoms with Gasteiger partial charge < -0.3 is 15.5 Å². The number of para-hydroxylation sites is 2. The molecular weight excluding hydrogens is 405 g/mol. The molecule has 6 nitrogen and oxygen atoms in total. The molecule has 1 aliphatic heterocycles. The van der Waals surface area contributed by atoms with Crippen LogP contribution in [0.1, 0.15) is 16.8 Å². The maximum atomic E-state index is 13.1. The largest absolute Gasteiger partial charge is 0.324 e. The standard InChI is InChI=1S/C22H18FN3O3S/c23-16-5-7-17(8-6-16)26-12-15(11-20(26)27)22(29)25-19-4-2-1-3-18(19)24-21(28)14-9-10-30-13-14/h1-10,13,15H,11-12H2,(H,24,28)(H,25,29). The third-order valence-corrected chi connectivity index (χ3v) is 5.53. The Balaban J connectivity index is 1.45. The van der Waals surface area contributed by atoms with E-state index < -0.39 is 5.92 Å². The smallest absolute Gasteiger partial charge is 0.256 e. The molecular formula is C22H18FN3O3S. The van der Waals surface area contributed by atoms with Gasteiger partial charge in [-0.25, -0.2) is 4.39 Å². The number of amides is 3. The summed E-state index contributed by atoms with van der Waals surface area (Å²) in [5.41, 5.74) is 2.03. The van der Waals surface area contributed by atoms with Gasteiger partial charge >= 0.3 is 0 Å². The summed E-state index contributed by atoms with van der Waals surface area (Å²) in [5, 5.41) is 9.17. The molecule has 0 spiro atoms. The van der Waals surface area contributed by atoms with Gasteiger partial charge in [-0.05, 0) is 47.8 Å². The van der Waals surface area contributed by atoms with Crippen LogP contribution in [0.4, 0.5) is 21.5 Å². The third-order valence-electron chi connectivity index (χ3n) is 4.85. The summed E-state index contributed by atoms with van der Waals surface area (Å²) in [6.45, 7) is 0.208. The molecule has 2 aromatic carbocycles. The fourth-order valence-electron chi connectivity index (χ4n) is 3.28. The Hall–Kier alpha value is -3.52. The van der Waals surface area contributed by atoms with Crippen molar-refractivity contribution in [3.05, 3.63) is 76.7 Å². The molecule has 30 heavy (non-hydrogen) atoms. The van der Waals surface area contributed by atoms with Crippen LogP contribution in [0.25, 0.3) is 0 Å². The fourth-order valence-corrected chi connectivity index (χ4v) is 3.91. The highest BCUT2D eigenvalue weighted by Crippen LogP contribution is 2.28. The number of benzene rings is 2. The molecule has 1 atom stereocenters. The summed E-state index contributed by atoms with van der Waals surface area (Å²) in [6.07, 6.45) is 0.0621. The molecule has 8 heteroatoms. The van der Waals surface area contributed by atoms with Crippen LogP contribution in [0, 0.1) is 11.7 Å². The van der Waals surface area contributed by atoms with E-state index in [4.69, 9.17) is 0 Å². The highest BCUT2D eigenvalue weighted by atomic mass is 32.1. The van der Waals surface area contributed by atoms with E-state index >= 15 is 0 Å². The zero-order valence-corrected chi connectivity index (χ0v) is 16.6. The van der Waals surface area contributed by atoms with Crippen LogP contribution >= 0.6 is 11.3 Å². The second-order valence-electron chi connectivity index (χ2n) is 6.88. The van der Waals surface area contributed by atoms with Crippen LogP contribution in [0.2, 0.25) is 0 Å². The van der Waals surface area contributed by atoms with Crippen molar-refractivity contribution in [2.24, 2.45) is 5.92 Å². The number of rotatable bonds is 5. The highest BCUT2D eigenvalue weighted by molar-refractivity contribution is 7.08. The van der Waals surface area contributed by atoms with Crippen LogP contribution in [0.5, 0.6) is 0 Å². The van der Waals surface area contributed by atoms with Crippen molar-refractivity contribution in [3.8, 4) is 0 Å². The van der Waals surface area contributed by atoms with Crippen LogP contribution in [-0.2, 0) is 9.59 Å². The predicted octanol–water partition coefficient (Wildman–Crippen LogP) is 4.13. The summed E-state index contributed by atoms with van der Waals surface area (Å²) < 4.78 is 13.1. The SMILES string of the molecule is O=C(Nc1ccccc1NC(=O)C1CC(=O)N(c2ccc(F)cc2)C1)c1ccsc1. The van der Waals surface area contributed by atoms with Gasteiger partial charge in [0.2, 0.25) is 11.8 Å². The Labute approximate surface area is 176 Å². The van der Waals surface area contributed by atoms with Gasteiger partial charge in [-0.1, -0.05) is 12.1 Å². The molecule has 1 unspecified atom stereocenters. The molecule has 1 aliphatic rings. The lowest BCUT2D eigenvalue weighted by atomic mass is 10.1. The van der Waals surface area contributed by atoms with Gasteiger partial charge in [-0.3, -0.25) is 14.4 Å². The van der Waals surface area contributed by atoms with Crippen molar-refractivity contribution in [3.63, 3.8) is 0 Å². The summed E-state index contributed by atoms with van der Waals surface area (Å²) in [7, 11) is 0. The van der Waals surface area contributed by atoms with Crippen molar-refractivity contribution in [2.75, 3.05) is 22.1 Å². The van der Waals surface area contributed by atoms with E-state index in [0.717, 1.165) is 0 Å². The van der Waals surface area contributed by atoms with E-state index in [1.807, 2.05) is 5.38 Å². The molecule has 152 valence electrons. The van der Waals surface area contributed by atoms with Crippen molar-refractivity contribution in [1.82, 2.24) is 0 Å². The van der Waals surface area contributed by atoms with Gasteiger partial charge in [0.1, 0.15) is 5.82 Å². The van der Waals surface area contributed by atoms with Gasteiger partial charge in [0, 0.05) is 24.0 Å². The molecule has 4 rings (SSSR count). The first-order valence-corrected chi connectivity index (χ1v) is 10.2. The van der Waals surface area contributed by atoms with E-state index in [-0.39, 0.29) is 36.5 Å². The Morgan fingerprint density at radius 3 is 2.37 bits per heavy atom. The Kier molecular flexibility index (Phi) is 5.58.